The first-order valence-electron chi connectivity index (χ1n) is 7.20. The number of amides is 1. The van der Waals surface area contributed by atoms with E-state index in [1.165, 1.54) is 23.1 Å². The number of hydrogen-bond donors (Lipinski definition) is 1. The van der Waals surface area contributed by atoms with Crippen molar-refractivity contribution in [3.8, 4) is 5.75 Å². The number of nitrogens with one attached hydrogen (secondary N) is 1. The van der Waals surface area contributed by atoms with Gasteiger partial charge in [0.2, 0.25) is 5.91 Å². The maximum atomic E-state index is 12.0. The van der Waals surface area contributed by atoms with Crippen LogP contribution in [-0.4, -0.2) is 34.7 Å². The second kappa shape index (κ2) is 9.71. The average Bonchev–Trinajstić information content (AvgIpc) is 3.04. The van der Waals surface area contributed by atoms with E-state index in [1.807, 2.05) is 31.2 Å². The van der Waals surface area contributed by atoms with Crippen LogP contribution >= 0.6 is 34.9 Å². The lowest BCUT2D eigenvalue weighted by atomic mass is 10.2. The molecule has 0 unspecified atom stereocenters. The smallest absolute Gasteiger partial charge is 0.230 e. The molecule has 1 amide bonds. The van der Waals surface area contributed by atoms with E-state index in [9.17, 15) is 4.79 Å². The Kier molecular flexibility index (Phi) is 7.61. The van der Waals surface area contributed by atoms with Crippen molar-refractivity contribution in [2.75, 3.05) is 18.6 Å². The van der Waals surface area contributed by atoms with Gasteiger partial charge in [-0.2, -0.15) is 0 Å². The second-order valence-electron chi connectivity index (χ2n) is 4.96. The number of carbonyl (C=O) groups is 1. The first kappa shape index (κ1) is 18.8. The molecule has 2 aromatic rings. The molecule has 8 heteroatoms. The van der Waals surface area contributed by atoms with Crippen molar-refractivity contribution in [1.82, 2.24) is 15.5 Å². The van der Waals surface area contributed by atoms with Gasteiger partial charge in [0, 0.05) is 17.9 Å². The van der Waals surface area contributed by atoms with Gasteiger partial charge in [-0.25, -0.2) is 0 Å². The number of carbonyl (C=O) groups excluding carboxylic acids is 1. The monoisotopic (exact) mass is 381 g/mol. The number of ether oxygens (including phenoxy) is 1. The minimum atomic E-state index is -0.0442. The molecule has 0 radical (unpaired) electrons. The van der Waals surface area contributed by atoms with Gasteiger partial charge in [0.05, 0.1) is 12.9 Å². The summed E-state index contributed by atoms with van der Waals surface area (Å²) in [5, 5.41) is 11.1. The maximum absolute atomic E-state index is 12.0. The highest BCUT2D eigenvalue weighted by Gasteiger charge is 2.09. The number of para-hydroxylation sites is 1. The molecular formula is C16H19N3O2S3. The van der Waals surface area contributed by atoms with E-state index >= 15 is 0 Å². The third-order valence-corrected chi connectivity index (χ3v) is 6.25. The summed E-state index contributed by atoms with van der Waals surface area (Å²) in [7, 11) is 1.62. The Labute approximate surface area is 154 Å². The van der Waals surface area contributed by atoms with Crippen LogP contribution in [0.5, 0.6) is 5.75 Å². The molecule has 0 fully saturated rings. The predicted molar refractivity (Wildman–Crippen MR) is 101 cm³/mol. The van der Waals surface area contributed by atoms with Gasteiger partial charge in [0.1, 0.15) is 5.75 Å². The normalized spacial score (nSPS) is 10.4. The van der Waals surface area contributed by atoms with Crippen LogP contribution in [0.2, 0.25) is 0 Å². The molecule has 0 saturated carbocycles. The Balaban J connectivity index is 1.76. The Morgan fingerprint density at radius 3 is 2.58 bits per heavy atom. The Morgan fingerprint density at radius 1 is 1.25 bits per heavy atom. The van der Waals surface area contributed by atoms with Crippen LogP contribution in [0, 0.1) is 0 Å². The lowest BCUT2D eigenvalue weighted by Crippen LogP contribution is -2.24. The molecule has 1 heterocycles. The maximum Gasteiger partial charge on any atom is 0.230 e. The molecule has 128 valence electrons. The molecule has 24 heavy (non-hydrogen) atoms. The van der Waals surface area contributed by atoms with E-state index < -0.39 is 0 Å². The summed E-state index contributed by atoms with van der Waals surface area (Å²) in [6.07, 6.45) is 0. The van der Waals surface area contributed by atoms with Crippen LogP contribution in [0.3, 0.4) is 0 Å². The van der Waals surface area contributed by atoms with Gasteiger partial charge in [-0.15, -0.1) is 10.2 Å². The topological polar surface area (TPSA) is 64.1 Å². The van der Waals surface area contributed by atoms with E-state index in [0.29, 0.717) is 12.3 Å². The zero-order chi connectivity index (χ0) is 17.4. The predicted octanol–water partition coefficient (Wildman–Crippen LogP) is 3.62. The average molecular weight is 382 g/mol. The number of nitrogens with zero attached hydrogens (tertiary/aromatic N) is 2. The van der Waals surface area contributed by atoms with Gasteiger partial charge < -0.3 is 10.1 Å². The van der Waals surface area contributed by atoms with Crippen LogP contribution in [0.1, 0.15) is 12.5 Å². The summed E-state index contributed by atoms with van der Waals surface area (Å²) in [6, 6.07) is 7.63. The van der Waals surface area contributed by atoms with Crippen molar-refractivity contribution < 1.29 is 9.53 Å². The van der Waals surface area contributed by atoms with Crippen molar-refractivity contribution in [2.24, 2.45) is 0 Å². The summed E-state index contributed by atoms with van der Waals surface area (Å²) < 4.78 is 6.96. The molecule has 1 aromatic heterocycles. The summed E-state index contributed by atoms with van der Waals surface area (Å²) in [5.74, 6) is 1.87. The molecule has 0 aliphatic heterocycles. The van der Waals surface area contributed by atoms with Crippen LogP contribution in [0.15, 0.2) is 45.1 Å². The molecule has 0 aliphatic carbocycles. The van der Waals surface area contributed by atoms with E-state index in [1.54, 1.807) is 18.9 Å². The zero-order valence-corrected chi connectivity index (χ0v) is 16.0. The Bertz CT molecular complexity index is 703. The Morgan fingerprint density at radius 2 is 1.92 bits per heavy atom. The summed E-state index contributed by atoms with van der Waals surface area (Å²) in [5.41, 5.74) is 2.05. The Hall–Kier alpha value is -1.51. The van der Waals surface area contributed by atoms with Crippen molar-refractivity contribution in [2.45, 2.75) is 22.1 Å². The number of hydrogen-bond acceptors (Lipinski definition) is 7. The van der Waals surface area contributed by atoms with E-state index in [-0.39, 0.29) is 5.91 Å². The third kappa shape index (κ3) is 6.18. The summed E-state index contributed by atoms with van der Waals surface area (Å²) in [4.78, 5) is 12.0. The molecule has 0 saturated heterocycles. The quantitative estimate of drug-likeness (QED) is 0.529. The van der Waals surface area contributed by atoms with Gasteiger partial charge in [0.15, 0.2) is 8.68 Å². The zero-order valence-electron chi connectivity index (χ0n) is 13.6. The molecule has 0 spiro atoms. The third-order valence-electron chi connectivity index (χ3n) is 2.83. The summed E-state index contributed by atoms with van der Waals surface area (Å²) >= 11 is 4.51. The van der Waals surface area contributed by atoms with E-state index in [4.69, 9.17) is 4.74 Å². The first-order chi connectivity index (χ1) is 11.6. The SMILES string of the molecule is C=C(C)CSc1nnc(SCC(=O)NCc2ccccc2OC)s1. The van der Waals surface area contributed by atoms with Crippen LogP contribution in [0.4, 0.5) is 0 Å². The number of aromatic nitrogens is 2. The minimum absolute atomic E-state index is 0.0442. The summed E-state index contributed by atoms with van der Waals surface area (Å²) in [6.45, 7) is 6.29. The van der Waals surface area contributed by atoms with Crippen molar-refractivity contribution >= 4 is 40.8 Å². The number of rotatable bonds is 9. The highest BCUT2D eigenvalue weighted by Crippen LogP contribution is 2.29. The van der Waals surface area contributed by atoms with Crippen LogP contribution in [-0.2, 0) is 11.3 Å². The highest BCUT2D eigenvalue weighted by atomic mass is 32.2. The van der Waals surface area contributed by atoms with Gasteiger partial charge >= 0.3 is 0 Å². The van der Waals surface area contributed by atoms with Crippen LogP contribution in [0.25, 0.3) is 0 Å². The fourth-order valence-corrected chi connectivity index (χ4v) is 4.41. The molecule has 1 N–H and O–H groups in total. The number of thioether (sulfide) groups is 2. The minimum Gasteiger partial charge on any atom is -0.496 e. The van der Waals surface area contributed by atoms with Gasteiger partial charge in [0.25, 0.3) is 0 Å². The highest BCUT2D eigenvalue weighted by molar-refractivity contribution is 8.03. The molecule has 1 aromatic carbocycles. The standard InChI is InChI=1S/C16H19N3O2S3/c1-11(2)9-22-15-18-19-16(24-15)23-10-14(20)17-8-12-6-4-5-7-13(12)21-3/h4-7H,1,8-10H2,2-3H3,(H,17,20). The number of benzene rings is 1. The van der Waals surface area contributed by atoms with Crippen molar-refractivity contribution in [3.05, 3.63) is 42.0 Å². The first-order valence-corrected chi connectivity index (χ1v) is 9.99. The lowest BCUT2D eigenvalue weighted by molar-refractivity contribution is -0.118. The van der Waals surface area contributed by atoms with E-state index in [0.717, 1.165) is 31.3 Å². The second-order valence-corrected chi connectivity index (χ2v) is 8.38. The van der Waals surface area contributed by atoms with Crippen LogP contribution < -0.4 is 10.1 Å². The van der Waals surface area contributed by atoms with Gasteiger partial charge in [-0.3, -0.25) is 4.79 Å². The molecule has 0 bridgehead atoms. The molecular weight excluding hydrogens is 362 g/mol. The largest absolute Gasteiger partial charge is 0.496 e. The van der Waals surface area contributed by atoms with Gasteiger partial charge in [-0.1, -0.05) is 65.2 Å². The van der Waals surface area contributed by atoms with Crippen molar-refractivity contribution in [3.63, 3.8) is 0 Å². The van der Waals surface area contributed by atoms with E-state index in [2.05, 4.69) is 22.1 Å². The molecule has 2 rings (SSSR count). The van der Waals surface area contributed by atoms with Gasteiger partial charge in [-0.05, 0) is 13.0 Å². The number of methoxy groups -OCH3 is 1. The fourth-order valence-electron chi connectivity index (χ4n) is 1.72. The van der Waals surface area contributed by atoms with Crippen molar-refractivity contribution in [1.29, 1.82) is 0 Å². The molecule has 5 nitrogen and oxygen atoms in total. The molecule has 0 aliphatic rings. The molecule has 0 atom stereocenters. The lowest BCUT2D eigenvalue weighted by Gasteiger charge is -2.09. The fraction of sp³-hybridized carbons (Fsp3) is 0.312.